The first-order valence-electron chi connectivity index (χ1n) is 0.365. The number of hydrogen-bond acceptors (Lipinski definition) is 2. The third-order valence-electron chi connectivity index (χ3n) is 0. The maximum atomic E-state index is 8.52. The molecule has 0 saturated heterocycles. The number of halogens is 6. The summed E-state index contributed by atoms with van der Waals surface area (Å²) in [5.41, 5.74) is 0. The molecule has 0 aromatic heterocycles. The minimum absolute atomic E-state index is 0. The van der Waals surface area contributed by atoms with Crippen LogP contribution in [0.15, 0.2) is 0 Å². The number of rotatable bonds is 0. The maximum absolute atomic E-state index is 8.52. The zero-order chi connectivity index (χ0) is 2.71. The molecule has 0 spiro atoms. The SMILES string of the molecule is F.F.F.F.F.[F-].[O]=[Sb]=[O]. The van der Waals surface area contributed by atoms with Crippen LogP contribution in [0.3, 0.4) is 0 Å². The van der Waals surface area contributed by atoms with Gasteiger partial charge in [-0.25, -0.2) is 0 Å². The first-order valence-corrected chi connectivity index (χ1v) is 2.45. The van der Waals surface area contributed by atoms with Gasteiger partial charge in [0.05, 0.1) is 0 Å². The summed E-state index contributed by atoms with van der Waals surface area (Å²) in [6.07, 6.45) is 0. The molecule has 0 unspecified atom stereocenters. The van der Waals surface area contributed by atoms with Gasteiger partial charge in [-0.2, -0.15) is 0 Å². The van der Waals surface area contributed by atoms with Gasteiger partial charge in [-0.15, -0.1) is 0 Å². The first kappa shape index (κ1) is 144. The molecular formula is H5F6O2Sb-. The molecule has 1 radical (unpaired) electrons. The third kappa shape index (κ3) is 87000000. The van der Waals surface area contributed by atoms with Crippen LogP contribution in [0.4, 0.5) is 23.5 Å². The second kappa shape index (κ2) is 393. The Morgan fingerprint density at radius 2 is 0.667 bits per heavy atom. The fourth-order valence-corrected chi connectivity index (χ4v) is 0. The summed E-state index contributed by atoms with van der Waals surface area (Å²) in [6.45, 7) is 0. The Bertz CT molecular complexity index is 32.0. The molecule has 0 rings (SSSR count). The fraction of sp³-hybridized carbons (Fsp3) is 0. The Balaban J connectivity index is -0.00000000133. The second-order valence-corrected chi connectivity index (χ2v) is 0.500. The minimum atomic E-state index is -2.15. The van der Waals surface area contributed by atoms with E-state index >= 15 is 0 Å². The van der Waals surface area contributed by atoms with E-state index in [1.165, 1.54) is 0 Å². The fourth-order valence-electron chi connectivity index (χ4n) is 0. The second-order valence-electron chi connectivity index (χ2n) is 0.0745. The first-order chi connectivity index (χ1) is 1.41. The summed E-state index contributed by atoms with van der Waals surface area (Å²) in [7, 11) is 0. The molecule has 0 aliphatic carbocycles. The molecule has 2 nitrogen and oxygen atoms in total. The topological polar surface area (TPSA) is 34.1 Å². The quantitative estimate of drug-likeness (QED) is 0.351. The molecule has 65 valence electrons. The van der Waals surface area contributed by atoms with Gasteiger partial charge in [-0.1, -0.05) is 0 Å². The van der Waals surface area contributed by atoms with Crippen LogP contribution in [0.25, 0.3) is 0 Å². The van der Waals surface area contributed by atoms with Gasteiger partial charge in [0, 0.05) is 0 Å². The summed E-state index contributed by atoms with van der Waals surface area (Å²) < 4.78 is 17.0. The zero-order valence-electron chi connectivity index (χ0n) is 3.68. The van der Waals surface area contributed by atoms with Crippen molar-refractivity contribution in [1.82, 2.24) is 0 Å². The normalized spacial score (nSPS) is 0.889. The Hall–Kier alpha value is -0.00182. The monoisotopic (exact) mass is 272 g/mol. The van der Waals surface area contributed by atoms with Crippen molar-refractivity contribution in [1.29, 1.82) is 0 Å². The van der Waals surface area contributed by atoms with Crippen molar-refractivity contribution < 1.29 is 34.3 Å². The summed E-state index contributed by atoms with van der Waals surface area (Å²) >= 11 is -2.15. The van der Waals surface area contributed by atoms with Gasteiger partial charge in [0.25, 0.3) is 0 Å². The molecule has 9 heteroatoms. The average Bonchev–Trinajstić information content (AvgIpc) is 0.918. The molecule has 0 atom stereocenters. The van der Waals surface area contributed by atoms with Crippen molar-refractivity contribution >= 4 is 21.6 Å². The molecule has 0 aromatic rings. The van der Waals surface area contributed by atoms with Crippen molar-refractivity contribution in [2.75, 3.05) is 0 Å². The number of hydrogen-bond donors (Lipinski definition) is 0. The van der Waals surface area contributed by atoms with Crippen LogP contribution in [0.5, 0.6) is 0 Å². The van der Waals surface area contributed by atoms with Crippen molar-refractivity contribution in [3.05, 3.63) is 0 Å². The molecule has 0 amide bonds. The van der Waals surface area contributed by atoms with Crippen LogP contribution in [0.2, 0.25) is 0 Å². The van der Waals surface area contributed by atoms with E-state index in [-0.39, 0.29) is 28.2 Å². The van der Waals surface area contributed by atoms with E-state index in [4.69, 9.17) is 6.03 Å². The van der Waals surface area contributed by atoms with E-state index in [9.17, 15) is 0 Å². The van der Waals surface area contributed by atoms with Gasteiger partial charge in [0.1, 0.15) is 0 Å². The van der Waals surface area contributed by atoms with Crippen molar-refractivity contribution in [3.8, 4) is 0 Å². The van der Waals surface area contributed by atoms with Crippen LogP contribution < -0.4 is 4.70 Å². The zero-order valence-corrected chi connectivity index (χ0v) is 6.24. The van der Waals surface area contributed by atoms with Gasteiger partial charge >= 0.3 is 27.6 Å². The van der Waals surface area contributed by atoms with Crippen molar-refractivity contribution in [2.45, 2.75) is 0 Å². The summed E-state index contributed by atoms with van der Waals surface area (Å²) in [5.74, 6) is 0. The predicted octanol–water partition coefficient (Wildman–Crippen LogP) is -2.85. The molecule has 0 saturated carbocycles. The molecule has 0 bridgehead atoms. The summed E-state index contributed by atoms with van der Waals surface area (Å²) in [4.78, 5) is 0. The van der Waals surface area contributed by atoms with Crippen LogP contribution in [0.1, 0.15) is 0 Å². The van der Waals surface area contributed by atoms with Crippen LogP contribution in [-0.2, 0) is 6.03 Å². The summed E-state index contributed by atoms with van der Waals surface area (Å²) in [6, 6.07) is 0. The molecule has 0 heterocycles. The molecule has 0 aliphatic rings. The third-order valence-corrected chi connectivity index (χ3v) is 0. The van der Waals surface area contributed by atoms with Gasteiger partial charge in [0.15, 0.2) is 0 Å². The summed E-state index contributed by atoms with van der Waals surface area (Å²) in [5, 5.41) is 0. The van der Waals surface area contributed by atoms with Gasteiger partial charge in [-0.05, 0) is 0 Å². The van der Waals surface area contributed by atoms with Crippen LogP contribution >= 0.6 is 0 Å². The predicted molar refractivity (Wildman–Crippen MR) is 19.6 cm³/mol. The van der Waals surface area contributed by atoms with Crippen molar-refractivity contribution in [2.24, 2.45) is 0 Å². The molecule has 0 fully saturated rings. The Morgan fingerprint density at radius 1 is 0.667 bits per heavy atom. The molecule has 0 N–H and O–H groups in total. The van der Waals surface area contributed by atoms with E-state index in [0.29, 0.717) is 0 Å². The van der Waals surface area contributed by atoms with Gasteiger partial charge in [-0.3, -0.25) is 23.5 Å². The van der Waals surface area contributed by atoms with E-state index < -0.39 is 21.6 Å². The van der Waals surface area contributed by atoms with E-state index in [2.05, 4.69) is 0 Å². The Morgan fingerprint density at radius 3 is 0.667 bits per heavy atom. The standard InChI is InChI=1S/6FH.2O.Sb/h6*1H;;;/p-1. The molecular weight excluding hydrogens is 268 g/mol. The van der Waals surface area contributed by atoms with Crippen LogP contribution in [0, 0.1) is 0 Å². The van der Waals surface area contributed by atoms with E-state index in [1.54, 1.807) is 0 Å². The molecule has 0 aromatic carbocycles. The Kier molecular flexibility index (Phi) is 6300. The molecule has 0 aliphatic heterocycles. The van der Waals surface area contributed by atoms with E-state index in [0.717, 1.165) is 0 Å². The van der Waals surface area contributed by atoms with Crippen LogP contribution in [-0.4, -0.2) is 21.6 Å². The van der Waals surface area contributed by atoms with Crippen molar-refractivity contribution in [3.63, 3.8) is 0 Å². The van der Waals surface area contributed by atoms with Gasteiger partial charge < -0.3 is 4.70 Å². The van der Waals surface area contributed by atoms with Gasteiger partial charge in [0.2, 0.25) is 0 Å². The average molecular weight is 273 g/mol. The van der Waals surface area contributed by atoms with E-state index in [1.807, 2.05) is 0 Å². The molecule has 9 heavy (non-hydrogen) atoms. The Labute approximate surface area is 56.5 Å².